The van der Waals surface area contributed by atoms with Crippen LogP contribution in [-0.4, -0.2) is 4.57 Å². The molecule has 0 aliphatic carbocycles. The Morgan fingerprint density at radius 1 is 1.06 bits per heavy atom. The normalized spacial score (nSPS) is 11.4. The van der Waals surface area contributed by atoms with Crippen molar-refractivity contribution < 1.29 is 4.57 Å². The van der Waals surface area contributed by atoms with Crippen LogP contribution in [0.4, 0.5) is 0 Å². The lowest BCUT2D eigenvalue weighted by atomic mass is 10.1. The second-order valence-electron chi connectivity index (χ2n) is 5.53. The predicted molar refractivity (Wildman–Crippen MR) is 77.8 cm³/mol. The Kier molecular flexibility index (Phi) is 7.07. The van der Waals surface area contributed by atoms with Gasteiger partial charge in [0.15, 0.2) is 0 Å². The summed E-state index contributed by atoms with van der Waals surface area (Å²) in [5, 5.41) is 0. The van der Waals surface area contributed by atoms with E-state index in [1.807, 2.05) is 0 Å². The first-order chi connectivity index (χ1) is 8.70. The van der Waals surface area contributed by atoms with Crippen molar-refractivity contribution in [3.05, 3.63) is 18.2 Å². The molecule has 2 nitrogen and oxygen atoms in total. The van der Waals surface area contributed by atoms with Crippen LogP contribution >= 0.6 is 0 Å². The maximum atomic E-state index is 2.44. The maximum absolute atomic E-state index is 2.44. The number of aryl methyl sites for hydroxylation is 1. The van der Waals surface area contributed by atoms with E-state index in [4.69, 9.17) is 0 Å². The molecule has 0 saturated heterocycles. The number of unbranched alkanes of at least 4 members (excludes halogenated alkanes) is 5. The molecule has 1 rings (SSSR count). The minimum absolute atomic E-state index is 0.575. The first-order valence-corrected chi connectivity index (χ1v) is 7.79. The van der Waals surface area contributed by atoms with Gasteiger partial charge in [-0.25, -0.2) is 9.13 Å². The van der Waals surface area contributed by atoms with Gasteiger partial charge in [-0.05, 0) is 26.7 Å². The minimum Gasteiger partial charge on any atom is -0.234 e. The summed E-state index contributed by atoms with van der Waals surface area (Å²) in [4.78, 5) is 0. The van der Waals surface area contributed by atoms with E-state index in [0.717, 1.165) is 6.42 Å². The third-order valence-corrected chi connectivity index (χ3v) is 3.66. The van der Waals surface area contributed by atoms with Crippen LogP contribution in [0.5, 0.6) is 0 Å². The number of aromatic nitrogens is 2. The maximum Gasteiger partial charge on any atom is 0.256 e. The lowest BCUT2D eigenvalue weighted by Gasteiger charge is -2.06. The van der Waals surface area contributed by atoms with Gasteiger partial charge in [0, 0.05) is 6.42 Å². The van der Waals surface area contributed by atoms with Crippen molar-refractivity contribution in [2.24, 2.45) is 0 Å². The average molecular weight is 251 g/mol. The molecule has 18 heavy (non-hydrogen) atoms. The number of nitrogens with zero attached hydrogens (tertiary/aromatic N) is 2. The van der Waals surface area contributed by atoms with Crippen LogP contribution in [0.25, 0.3) is 0 Å². The highest BCUT2D eigenvalue weighted by molar-refractivity contribution is 4.85. The van der Waals surface area contributed by atoms with Crippen LogP contribution in [0.3, 0.4) is 0 Å². The third-order valence-electron chi connectivity index (χ3n) is 3.66. The molecule has 0 amide bonds. The van der Waals surface area contributed by atoms with Crippen LogP contribution in [-0.2, 0) is 13.0 Å². The molecule has 0 spiro atoms. The van der Waals surface area contributed by atoms with E-state index in [2.05, 4.69) is 49.2 Å². The fraction of sp³-hybridized carbons (Fsp3) is 0.812. The lowest BCUT2D eigenvalue weighted by Crippen LogP contribution is -2.37. The summed E-state index contributed by atoms with van der Waals surface area (Å²) in [6.45, 7) is 10.2. The number of hydrogen-bond acceptors (Lipinski definition) is 0. The summed E-state index contributed by atoms with van der Waals surface area (Å²) in [5.74, 6) is 1.47. The van der Waals surface area contributed by atoms with Gasteiger partial charge in [0.2, 0.25) is 0 Å². The van der Waals surface area contributed by atoms with Crippen LogP contribution in [0, 0.1) is 0 Å². The Balaban J connectivity index is 2.38. The van der Waals surface area contributed by atoms with Crippen molar-refractivity contribution in [1.29, 1.82) is 0 Å². The molecule has 0 atom stereocenters. The molecular weight excluding hydrogens is 220 g/mol. The van der Waals surface area contributed by atoms with Crippen molar-refractivity contribution in [3.8, 4) is 0 Å². The number of rotatable bonds is 9. The highest BCUT2D eigenvalue weighted by Crippen LogP contribution is 2.09. The molecule has 0 bridgehead atoms. The molecule has 0 radical (unpaired) electrons. The highest BCUT2D eigenvalue weighted by atomic mass is 15.2. The molecule has 0 aromatic carbocycles. The molecule has 1 heterocycles. The van der Waals surface area contributed by atoms with E-state index in [1.54, 1.807) is 0 Å². The van der Waals surface area contributed by atoms with Crippen molar-refractivity contribution in [3.63, 3.8) is 0 Å². The number of imidazole rings is 1. The Morgan fingerprint density at radius 2 is 1.72 bits per heavy atom. The van der Waals surface area contributed by atoms with Gasteiger partial charge < -0.3 is 0 Å². The summed E-state index contributed by atoms with van der Waals surface area (Å²) in [5.41, 5.74) is 0. The van der Waals surface area contributed by atoms with Gasteiger partial charge in [0.25, 0.3) is 5.82 Å². The highest BCUT2D eigenvalue weighted by Gasteiger charge is 2.16. The molecule has 0 saturated carbocycles. The summed E-state index contributed by atoms with van der Waals surface area (Å²) < 4.78 is 4.84. The topological polar surface area (TPSA) is 8.81 Å². The smallest absolute Gasteiger partial charge is 0.234 e. The molecule has 0 fully saturated rings. The SMILES string of the molecule is CCCCCCCC[n+]1ccn(C(C)C)c1CC. The Labute approximate surface area is 113 Å². The molecule has 0 N–H and O–H groups in total. The van der Waals surface area contributed by atoms with Crippen LogP contribution in [0.2, 0.25) is 0 Å². The third kappa shape index (κ3) is 4.47. The Hall–Kier alpha value is -0.790. The predicted octanol–water partition coefficient (Wildman–Crippen LogP) is 4.28. The molecule has 0 unspecified atom stereocenters. The largest absolute Gasteiger partial charge is 0.256 e. The van der Waals surface area contributed by atoms with Gasteiger partial charge in [-0.15, -0.1) is 0 Å². The van der Waals surface area contributed by atoms with Gasteiger partial charge in [-0.1, -0.05) is 39.5 Å². The zero-order chi connectivity index (χ0) is 13.4. The Bertz CT molecular complexity index is 326. The molecule has 0 aliphatic heterocycles. The fourth-order valence-corrected chi connectivity index (χ4v) is 2.59. The van der Waals surface area contributed by atoms with E-state index in [1.165, 1.54) is 50.9 Å². The lowest BCUT2D eigenvalue weighted by molar-refractivity contribution is -0.704. The molecule has 104 valence electrons. The zero-order valence-electron chi connectivity index (χ0n) is 12.8. The second kappa shape index (κ2) is 8.34. The fourth-order valence-electron chi connectivity index (χ4n) is 2.59. The number of hydrogen-bond donors (Lipinski definition) is 0. The minimum atomic E-state index is 0.575. The first-order valence-electron chi connectivity index (χ1n) is 7.79. The van der Waals surface area contributed by atoms with Crippen molar-refractivity contribution in [1.82, 2.24) is 4.57 Å². The van der Waals surface area contributed by atoms with E-state index >= 15 is 0 Å². The van der Waals surface area contributed by atoms with Crippen molar-refractivity contribution in [2.45, 2.75) is 85.2 Å². The monoisotopic (exact) mass is 251 g/mol. The van der Waals surface area contributed by atoms with Gasteiger partial charge >= 0.3 is 0 Å². The molecule has 1 aromatic heterocycles. The van der Waals surface area contributed by atoms with Gasteiger partial charge in [0.05, 0.1) is 12.6 Å². The Morgan fingerprint density at radius 3 is 2.33 bits per heavy atom. The zero-order valence-corrected chi connectivity index (χ0v) is 12.8. The van der Waals surface area contributed by atoms with E-state index in [0.29, 0.717) is 6.04 Å². The molecule has 1 aromatic rings. The van der Waals surface area contributed by atoms with Gasteiger partial charge in [-0.2, -0.15) is 0 Å². The standard InChI is InChI=1S/C16H31N2/c1-5-7-8-9-10-11-12-17-13-14-18(15(3)4)16(17)6-2/h13-15H,5-12H2,1-4H3/q+1. The molecule has 0 aliphatic rings. The average Bonchev–Trinajstić information content (AvgIpc) is 2.76. The summed E-state index contributed by atoms with van der Waals surface area (Å²) in [7, 11) is 0. The van der Waals surface area contributed by atoms with Gasteiger partial charge in [0.1, 0.15) is 12.4 Å². The van der Waals surface area contributed by atoms with E-state index in [9.17, 15) is 0 Å². The summed E-state index contributed by atoms with van der Waals surface area (Å²) in [6, 6.07) is 0.575. The molecular formula is C16H31N2+. The summed E-state index contributed by atoms with van der Waals surface area (Å²) in [6.07, 6.45) is 13.9. The molecule has 2 heteroatoms. The summed E-state index contributed by atoms with van der Waals surface area (Å²) >= 11 is 0. The second-order valence-corrected chi connectivity index (χ2v) is 5.53. The van der Waals surface area contributed by atoms with Crippen molar-refractivity contribution >= 4 is 0 Å². The van der Waals surface area contributed by atoms with E-state index < -0.39 is 0 Å². The van der Waals surface area contributed by atoms with Crippen LogP contribution in [0.15, 0.2) is 12.4 Å². The first kappa shape index (κ1) is 15.3. The van der Waals surface area contributed by atoms with Crippen molar-refractivity contribution in [2.75, 3.05) is 0 Å². The van der Waals surface area contributed by atoms with E-state index in [-0.39, 0.29) is 0 Å². The quantitative estimate of drug-likeness (QED) is 0.457. The van der Waals surface area contributed by atoms with Crippen LogP contribution < -0.4 is 4.57 Å². The van der Waals surface area contributed by atoms with Gasteiger partial charge in [-0.3, -0.25) is 0 Å². The van der Waals surface area contributed by atoms with Crippen LogP contribution in [0.1, 0.15) is 78.1 Å².